The van der Waals surface area contributed by atoms with Crippen LogP contribution < -0.4 is 4.74 Å². The lowest BCUT2D eigenvalue weighted by molar-refractivity contribution is 0.0549. The molecule has 0 aliphatic carbocycles. The van der Waals surface area contributed by atoms with Crippen molar-refractivity contribution < 1.29 is 9.47 Å². The zero-order chi connectivity index (χ0) is 13.8. The fourth-order valence-electron chi connectivity index (χ4n) is 2.33. The molecule has 106 valence electrons. The normalized spacial score (nSPS) is 18.9. The first kappa shape index (κ1) is 13.5. The average molecular weight is 293 g/mol. The highest BCUT2D eigenvalue weighted by molar-refractivity contribution is 6.31. The lowest BCUT2D eigenvalue weighted by Crippen LogP contribution is -2.22. The van der Waals surface area contributed by atoms with Crippen LogP contribution in [0.1, 0.15) is 24.4 Å². The maximum atomic E-state index is 6.34. The van der Waals surface area contributed by atoms with Crippen molar-refractivity contribution in [2.24, 2.45) is 0 Å². The van der Waals surface area contributed by atoms with E-state index in [1.54, 1.807) is 10.9 Å². The second kappa shape index (κ2) is 6.29. The van der Waals surface area contributed by atoms with Gasteiger partial charge in [-0.15, -0.1) is 0 Å². The summed E-state index contributed by atoms with van der Waals surface area (Å²) in [6, 6.07) is 10.2. The molecular weight excluding hydrogens is 276 g/mol. The number of aromatic nitrogens is 2. The van der Waals surface area contributed by atoms with E-state index in [0.717, 1.165) is 25.0 Å². The van der Waals surface area contributed by atoms with Gasteiger partial charge in [0.1, 0.15) is 6.61 Å². The van der Waals surface area contributed by atoms with Gasteiger partial charge in [0.25, 0.3) is 0 Å². The number of nitrogens with zero attached hydrogens (tertiary/aromatic N) is 2. The summed E-state index contributed by atoms with van der Waals surface area (Å²) in [6.07, 6.45) is 3.76. The Morgan fingerprint density at radius 1 is 1.35 bits per heavy atom. The molecule has 0 saturated carbocycles. The Hall–Kier alpha value is -1.52. The van der Waals surface area contributed by atoms with Gasteiger partial charge in [-0.1, -0.05) is 41.9 Å². The van der Waals surface area contributed by atoms with Crippen LogP contribution in [-0.2, 0) is 11.3 Å². The van der Waals surface area contributed by atoms with Gasteiger partial charge in [0.15, 0.2) is 10.9 Å². The van der Waals surface area contributed by atoms with Crippen molar-refractivity contribution >= 4 is 11.6 Å². The number of rotatable bonds is 4. The van der Waals surface area contributed by atoms with Crippen molar-refractivity contribution in [1.29, 1.82) is 0 Å². The molecule has 1 fully saturated rings. The van der Waals surface area contributed by atoms with Gasteiger partial charge in [0.2, 0.25) is 0 Å². The van der Waals surface area contributed by atoms with E-state index in [2.05, 4.69) is 5.10 Å². The van der Waals surface area contributed by atoms with Crippen molar-refractivity contribution in [2.75, 3.05) is 13.2 Å². The Balaban J connectivity index is 1.67. The van der Waals surface area contributed by atoms with Crippen molar-refractivity contribution in [1.82, 2.24) is 9.78 Å². The Morgan fingerprint density at radius 3 is 2.95 bits per heavy atom. The summed E-state index contributed by atoms with van der Waals surface area (Å²) in [7, 11) is 0. The minimum absolute atomic E-state index is 0.213. The molecule has 20 heavy (non-hydrogen) atoms. The first-order valence-corrected chi connectivity index (χ1v) is 7.20. The molecular formula is C15H17ClN2O2. The highest BCUT2D eigenvalue weighted by Gasteiger charge is 2.21. The van der Waals surface area contributed by atoms with Gasteiger partial charge in [-0.25, -0.2) is 4.68 Å². The highest BCUT2D eigenvalue weighted by Crippen LogP contribution is 2.30. The standard InChI is InChI=1S/C15H17ClN2O2/c16-15-14(20-10-12-5-2-1-3-6-12)9-17-18(15)13-7-4-8-19-11-13/h1-3,5-6,9,13H,4,7-8,10-11H2. The number of hydrogen-bond acceptors (Lipinski definition) is 3. The first-order chi connectivity index (χ1) is 9.84. The summed E-state index contributed by atoms with van der Waals surface area (Å²) in [5.74, 6) is 0.626. The van der Waals surface area contributed by atoms with E-state index in [0.29, 0.717) is 24.1 Å². The third-order valence-corrected chi connectivity index (χ3v) is 3.78. The summed E-state index contributed by atoms with van der Waals surface area (Å²) in [6.45, 7) is 1.99. The average Bonchev–Trinajstić information content (AvgIpc) is 2.88. The van der Waals surface area contributed by atoms with Crippen LogP contribution in [0.4, 0.5) is 0 Å². The summed E-state index contributed by atoms with van der Waals surface area (Å²) in [5.41, 5.74) is 1.11. The summed E-state index contributed by atoms with van der Waals surface area (Å²) in [5, 5.41) is 4.88. The number of ether oxygens (including phenoxy) is 2. The van der Waals surface area contributed by atoms with Crippen molar-refractivity contribution in [3.8, 4) is 5.75 Å². The lowest BCUT2D eigenvalue weighted by Gasteiger charge is -2.22. The third-order valence-electron chi connectivity index (χ3n) is 3.42. The Kier molecular flexibility index (Phi) is 4.23. The topological polar surface area (TPSA) is 36.3 Å². The number of benzene rings is 1. The molecule has 4 nitrogen and oxygen atoms in total. The molecule has 1 aromatic carbocycles. The van der Waals surface area contributed by atoms with Crippen LogP contribution in [-0.4, -0.2) is 23.0 Å². The van der Waals surface area contributed by atoms with E-state index >= 15 is 0 Å². The van der Waals surface area contributed by atoms with Crippen molar-refractivity contribution in [3.05, 3.63) is 47.2 Å². The van der Waals surface area contributed by atoms with Gasteiger partial charge in [-0.3, -0.25) is 0 Å². The predicted molar refractivity (Wildman–Crippen MR) is 77.1 cm³/mol. The van der Waals surface area contributed by atoms with Gasteiger partial charge < -0.3 is 9.47 Å². The molecule has 2 aromatic rings. The smallest absolute Gasteiger partial charge is 0.176 e. The second-order valence-electron chi connectivity index (χ2n) is 4.89. The van der Waals surface area contributed by atoms with E-state index in [1.807, 2.05) is 30.3 Å². The molecule has 1 aromatic heterocycles. The maximum Gasteiger partial charge on any atom is 0.176 e. The Labute approximate surface area is 123 Å². The minimum atomic E-state index is 0.213. The minimum Gasteiger partial charge on any atom is -0.484 e. The Bertz CT molecular complexity index is 550. The SMILES string of the molecule is Clc1c(OCc2ccccc2)cnn1C1CCCOC1. The maximum absolute atomic E-state index is 6.34. The van der Waals surface area contributed by atoms with Crippen LogP contribution in [0, 0.1) is 0 Å². The van der Waals surface area contributed by atoms with E-state index in [1.165, 1.54) is 0 Å². The predicted octanol–water partition coefficient (Wildman–Crippen LogP) is 3.47. The summed E-state index contributed by atoms with van der Waals surface area (Å²) < 4.78 is 13.0. The molecule has 1 aliphatic rings. The molecule has 0 spiro atoms. The van der Waals surface area contributed by atoms with E-state index in [-0.39, 0.29) is 6.04 Å². The number of halogens is 1. The summed E-state index contributed by atoms with van der Waals surface area (Å²) in [4.78, 5) is 0. The van der Waals surface area contributed by atoms with E-state index in [9.17, 15) is 0 Å². The van der Waals surface area contributed by atoms with Gasteiger partial charge in [-0.2, -0.15) is 5.10 Å². The molecule has 3 rings (SSSR count). The molecule has 2 heterocycles. The monoisotopic (exact) mass is 292 g/mol. The van der Waals surface area contributed by atoms with Crippen LogP contribution in [0.25, 0.3) is 0 Å². The highest BCUT2D eigenvalue weighted by atomic mass is 35.5. The molecule has 1 unspecified atom stereocenters. The molecule has 0 bridgehead atoms. The van der Waals surface area contributed by atoms with Crippen LogP contribution in [0.5, 0.6) is 5.75 Å². The van der Waals surface area contributed by atoms with Gasteiger partial charge in [0.05, 0.1) is 18.8 Å². The van der Waals surface area contributed by atoms with Gasteiger partial charge in [0, 0.05) is 6.61 Å². The van der Waals surface area contributed by atoms with Crippen LogP contribution in [0.15, 0.2) is 36.5 Å². The van der Waals surface area contributed by atoms with E-state index in [4.69, 9.17) is 21.1 Å². The third kappa shape index (κ3) is 2.97. The van der Waals surface area contributed by atoms with E-state index < -0.39 is 0 Å². The number of hydrogen-bond donors (Lipinski definition) is 0. The zero-order valence-electron chi connectivity index (χ0n) is 11.2. The van der Waals surface area contributed by atoms with Gasteiger partial charge >= 0.3 is 0 Å². The molecule has 1 atom stereocenters. The van der Waals surface area contributed by atoms with Gasteiger partial charge in [-0.05, 0) is 18.4 Å². The summed E-state index contributed by atoms with van der Waals surface area (Å²) >= 11 is 6.34. The fraction of sp³-hybridized carbons (Fsp3) is 0.400. The molecule has 0 amide bonds. The second-order valence-corrected chi connectivity index (χ2v) is 5.25. The quantitative estimate of drug-likeness (QED) is 0.866. The molecule has 1 aliphatic heterocycles. The largest absolute Gasteiger partial charge is 0.484 e. The van der Waals surface area contributed by atoms with Crippen LogP contribution >= 0.6 is 11.6 Å². The molecule has 0 N–H and O–H groups in total. The molecule has 0 radical (unpaired) electrons. The van der Waals surface area contributed by atoms with Crippen LogP contribution in [0.3, 0.4) is 0 Å². The van der Waals surface area contributed by atoms with Crippen LogP contribution in [0.2, 0.25) is 5.15 Å². The molecule has 5 heteroatoms. The van der Waals surface area contributed by atoms with Crippen molar-refractivity contribution in [2.45, 2.75) is 25.5 Å². The first-order valence-electron chi connectivity index (χ1n) is 6.82. The van der Waals surface area contributed by atoms with Crippen molar-refractivity contribution in [3.63, 3.8) is 0 Å². The lowest BCUT2D eigenvalue weighted by atomic mass is 10.1. The fourth-order valence-corrected chi connectivity index (χ4v) is 2.62. The molecule has 1 saturated heterocycles. The zero-order valence-corrected chi connectivity index (χ0v) is 11.9. The Morgan fingerprint density at radius 2 is 2.20 bits per heavy atom.